The first-order valence-corrected chi connectivity index (χ1v) is 8.21. The number of hydrogen-bond donors (Lipinski definition) is 1. The number of rotatable bonds is 5. The molecule has 0 aromatic carbocycles. The van der Waals surface area contributed by atoms with Gasteiger partial charge >= 0.3 is 0 Å². The molecule has 0 aromatic heterocycles. The quantitative estimate of drug-likeness (QED) is 0.829. The highest BCUT2D eigenvalue weighted by molar-refractivity contribution is 4.89. The van der Waals surface area contributed by atoms with E-state index in [4.69, 9.17) is 4.74 Å². The third-order valence-electron chi connectivity index (χ3n) is 5.14. The first-order chi connectivity index (χ1) is 9.51. The summed E-state index contributed by atoms with van der Waals surface area (Å²) in [6.45, 7) is 10.6. The van der Waals surface area contributed by atoms with Crippen LogP contribution < -0.4 is 5.32 Å². The molecule has 1 aliphatic carbocycles. The van der Waals surface area contributed by atoms with Crippen molar-refractivity contribution in [2.75, 3.05) is 46.9 Å². The Kier molecular flexibility index (Phi) is 5.84. The number of piperazine rings is 1. The summed E-state index contributed by atoms with van der Waals surface area (Å²) in [5.74, 6) is 0. The molecule has 0 bridgehead atoms. The molecule has 1 N–H and O–H groups in total. The topological polar surface area (TPSA) is 27.7 Å². The number of likely N-dealkylation sites (N-methyl/N-ethyl adjacent to an activating group) is 1. The zero-order valence-corrected chi connectivity index (χ0v) is 13.8. The monoisotopic (exact) mass is 283 g/mol. The van der Waals surface area contributed by atoms with Gasteiger partial charge in [0.15, 0.2) is 0 Å². The Balaban J connectivity index is 1.76. The van der Waals surface area contributed by atoms with Crippen molar-refractivity contribution in [3.8, 4) is 0 Å². The van der Waals surface area contributed by atoms with Crippen LogP contribution in [-0.4, -0.2) is 74.4 Å². The molecule has 2 fully saturated rings. The first kappa shape index (κ1) is 16.2. The van der Waals surface area contributed by atoms with Crippen molar-refractivity contribution in [2.24, 2.45) is 0 Å². The van der Waals surface area contributed by atoms with Gasteiger partial charge in [0.25, 0.3) is 0 Å². The minimum absolute atomic E-state index is 0.251. The van der Waals surface area contributed by atoms with Gasteiger partial charge in [0.1, 0.15) is 0 Å². The molecule has 2 aliphatic rings. The molecule has 4 heteroatoms. The van der Waals surface area contributed by atoms with Crippen LogP contribution in [-0.2, 0) is 4.74 Å². The normalized spacial score (nSPS) is 30.6. The summed E-state index contributed by atoms with van der Waals surface area (Å²) in [5, 5.41) is 3.80. The van der Waals surface area contributed by atoms with Crippen LogP contribution in [0.1, 0.15) is 39.5 Å². The highest BCUT2D eigenvalue weighted by atomic mass is 16.5. The van der Waals surface area contributed by atoms with E-state index in [-0.39, 0.29) is 5.54 Å². The smallest absolute Gasteiger partial charge is 0.0586 e. The SMILES string of the molecule is COC1CCCC(NCC(C)(C)N2CCN(C)CC2)C1. The molecule has 2 rings (SSSR count). The van der Waals surface area contributed by atoms with E-state index in [0.717, 1.165) is 6.54 Å². The van der Waals surface area contributed by atoms with Crippen LogP contribution in [0.15, 0.2) is 0 Å². The van der Waals surface area contributed by atoms with E-state index in [0.29, 0.717) is 12.1 Å². The van der Waals surface area contributed by atoms with Crippen molar-refractivity contribution < 1.29 is 4.74 Å². The van der Waals surface area contributed by atoms with E-state index in [1.807, 2.05) is 7.11 Å². The largest absolute Gasteiger partial charge is 0.381 e. The van der Waals surface area contributed by atoms with Crippen molar-refractivity contribution in [2.45, 2.75) is 57.2 Å². The summed E-state index contributed by atoms with van der Waals surface area (Å²) in [6, 6.07) is 0.639. The summed E-state index contributed by atoms with van der Waals surface area (Å²) < 4.78 is 5.53. The minimum Gasteiger partial charge on any atom is -0.381 e. The van der Waals surface area contributed by atoms with Crippen LogP contribution in [0.5, 0.6) is 0 Å². The van der Waals surface area contributed by atoms with Crippen LogP contribution >= 0.6 is 0 Å². The van der Waals surface area contributed by atoms with E-state index in [2.05, 4.69) is 36.0 Å². The number of nitrogens with zero attached hydrogens (tertiary/aromatic N) is 2. The number of methoxy groups -OCH3 is 1. The third kappa shape index (κ3) is 4.42. The summed E-state index contributed by atoms with van der Waals surface area (Å²) >= 11 is 0. The van der Waals surface area contributed by atoms with Gasteiger partial charge < -0.3 is 15.0 Å². The van der Waals surface area contributed by atoms with Gasteiger partial charge in [0.2, 0.25) is 0 Å². The van der Waals surface area contributed by atoms with Crippen molar-refractivity contribution in [1.82, 2.24) is 15.1 Å². The third-order valence-corrected chi connectivity index (χ3v) is 5.14. The standard InChI is InChI=1S/C16H33N3O/c1-16(2,19-10-8-18(3)9-11-19)13-17-14-6-5-7-15(12-14)20-4/h14-15,17H,5-13H2,1-4H3. The van der Waals surface area contributed by atoms with Crippen molar-refractivity contribution in [1.29, 1.82) is 0 Å². The van der Waals surface area contributed by atoms with Gasteiger partial charge in [-0.05, 0) is 46.6 Å². The summed E-state index contributed by atoms with van der Waals surface area (Å²) in [7, 11) is 4.07. The lowest BCUT2D eigenvalue weighted by Gasteiger charge is -2.44. The van der Waals surface area contributed by atoms with Gasteiger partial charge in [0, 0.05) is 51.4 Å². The molecule has 1 heterocycles. The number of hydrogen-bond acceptors (Lipinski definition) is 4. The van der Waals surface area contributed by atoms with Gasteiger partial charge in [-0.25, -0.2) is 0 Å². The zero-order chi connectivity index (χ0) is 14.6. The van der Waals surface area contributed by atoms with E-state index in [9.17, 15) is 0 Å². The molecule has 2 atom stereocenters. The van der Waals surface area contributed by atoms with Crippen LogP contribution in [0, 0.1) is 0 Å². The molecule has 2 unspecified atom stereocenters. The van der Waals surface area contributed by atoms with Gasteiger partial charge in [-0.3, -0.25) is 4.90 Å². The van der Waals surface area contributed by atoms with E-state index in [1.165, 1.54) is 51.9 Å². The Morgan fingerprint density at radius 3 is 2.50 bits per heavy atom. The Hall–Kier alpha value is -0.160. The molecule has 0 aromatic rings. The fraction of sp³-hybridized carbons (Fsp3) is 1.00. The van der Waals surface area contributed by atoms with Crippen LogP contribution in [0.3, 0.4) is 0 Å². The summed E-state index contributed by atoms with van der Waals surface area (Å²) in [6.07, 6.45) is 5.48. The molecule has 0 radical (unpaired) electrons. The fourth-order valence-electron chi connectivity index (χ4n) is 3.46. The van der Waals surface area contributed by atoms with Gasteiger partial charge in [-0.2, -0.15) is 0 Å². The van der Waals surface area contributed by atoms with Crippen molar-refractivity contribution in [3.63, 3.8) is 0 Å². The van der Waals surface area contributed by atoms with E-state index in [1.54, 1.807) is 0 Å². The maximum atomic E-state index is 5.53. The second kappa shape index (κ2) is 7.21. The lowest BCUT2D eigenvalue weighted by atomic mass is 9.91. The molecular weight excluding hydrogens is 250 g/mol. The minimum atomic E-state index is 0.251. The average molecular weight is 283 g/mol. The Morgan fingerprint density at radius 2 is 1.85 bits per heavy atom. The van der Waals surface area contributed by atoms with Gasteiger partial charge in [-0.15, -0.1) is 0 Å². The lowest BCUT2D eigenvalue weighted by Crippen LogP contribution is -2.58. The Morgan fingerprint density at radius 1 is 1.15 bits per heavy atom. The summed E-state index contributed by atoms with van der Waals surface area (Å²) in [5.41, 5.74) is 0.251. The van der Waals surface area contributed by atoms with Gasteiger partial charge in [0.05, 0.1) is 6.10 Å². The second-order valence-corrected chi connectivity index (χ2v) is 7.20. The molecule has 1 saturated carbocycles. The first-order valence-electron chi connectivity index (χ1n) is 8.21. The zero-order valence-electron chi connectivity index (χ0n) is 13.8. The van der Waals surface area contributed by atoms with Crippen molar-refractivity contribution >= 4 is 0 Å². The molecule has 1 saturated heterocycles. The average Bonchev–Trinajstić information content (AvgIpc) is 2.46. The molecule has 20 heavy (non-hydrogen) atoms. The van der Waals surface area contributed by atoms with Crippen LogP contribution in [0.4, 0.5) is 0 Å². The van der Waals surface area contributed by atoms with E-state index >= 15 is 0 Å². The molecule has 0 amide bonds. The highest BCUT2D eigenvalue weighted by Gasteiger charge is 2.30. The maximum Gasteiger partial charge on any atom is 0.0586 e. The van der Waals surface area contributed by atoms with Crippen LogP contribution in [0.25, 0.3) is 0 Å². The second-order valence-electron chi connectivity index (χ2n) is 7.20. The molecule has 1 aliphatic heterocycles. The predicted molar refractivity (Wildman–Crippen MR) is 84.2 cm³/mol. The Labute approximate surface area is 124 Å². The Bertz CT molecular complexity index is 287. The molecule has 4 nitrogen and oxygen atoms in total. The van der Waals surface area contributed by atoms with Crippen LogP contribution in [0.2, 0.25) is 0 Å². The molecule has 118 valence electrons. The summed E-state index contributed by atoms with van der Waals surface area (Å²) in [4.78, 5) is 5.06. The molecular formula is C16H33N3O. The van der Waals surface area contributed by atoms with Crippen molar-refractivity contribution in [3.05, 3.63) is 0 Å². The lowest BCUT2D eigenvalue weighted by molar-refractivity contribution is 0.0431. The fourth-order valence-corrected chi connectivity index (χ4v) is 3.46. The van der Waals surface area contributed by atoms with E-state index < -0.39 is 0 Å². The molecule has 0 spiro atoms. The number of ether oxygens (including phenoxy) is 1. The highest BCUT2D eigenvalue weighted by Crippen LogP contribution is 2.22. The number of nitrogens with one attached hydrogen (secondary N) is 1. The van der Waals surface area contributed by atoms with Gasteiger partial charge in [-0.1, -0.05) is 0 Å². The maximum absolute atomic E-state index is 5.53. The predicted octanol–water partition coefficient (Wildman–Crippen LogP) is 1.56.